The number of nitrogen functional groups attached to an aromatic ring is 1. The van der Waals surface area contributed by atoms with E-state index in [9.17, 15) is 8.78 Å². The molecular formula is C21H18F2N4S2. The van der Waals surface area contributed by atoms with Crippen LogP contribution >= 0.6 is 22.7 Å². The highest BCUT2D eigenvalue weighted by molar-refractivity contribution is 7.23. The highest BCUT2D eigenvalue weighted by Crippen LogP contribution is 2.39. The molecule has 0 amide bonds. The summed E-state index contributed by atoms with van der Waals surface area (Å²) in [5.41, 5.74) is 9.37. The van der Waals surface area contributed by atoms with Crippen LogP contribution < -0.4 is 11.1 Å². The third-order valence-electron chi connectivity index (χ3n) is 4.40. The molecule has 148 valence electrons. The molecule has 0 aliphatic rings. The summed E-state index contributed by atoms with van der Waals surface area (Å²) in [5, 5.41) is 6.41. The predicted molar refractivity (Wildman–Crippen MR) is 117 cm³/mol. The zero-order valence-electron chi connectivity index (χ0n) is 15.7. The lowest BCUT2D eigenvalue weighted by atomic mass is 10.0. The summed E-state index contributed by atoms with van der Waals surface area (Å²) in [4.78, 5) is 9.66. The Morgan fingerprint density at radius 2 is 1.76 bits per heavy atom. The van der Waals surface area contributed by atoms with Gasteiger partial charge in [0, 0.05) is 16.6 Å². The van der Waals surface area contributed by atoms with Crippen molar-refractivity contribution in [2.24, 2.45) is 0 Å². The third-order valence-corrected chi connectivity index (χ3v) is 6.38. The van der Waals surface area contributed by atoms with Gasteiger partial charge in [0.05, 0.1) is 5.69 Å². The lowest BCUT2D eigenvalue weighted by Crippen LogP contribution is -1.92. The molecule has 4 rings (SSSR count). The zero-order valence-corrected chi connectivity index (χ0v) is 17.4. The van der Waals surface area contributed by atoms with Crippen LogP contribution in [0.3, 0.4) is 0 Å². The number of thiazole rings is 2. The van der Waals surface area contributed by atoms with Crippen LogP contribution in [0, 0.1) is 11.6 Å². The average Bonchev–Trinajstić information content (AvgIpc) is 3.31. The normalized spacial score (nSPS) is 11.2. The number of benzene rings is 2. The first kappa shape index (κ1) is 19.5. The highest BCUT2D eigenvalue weighted by Gasteiger charge is 2.16. The summed E-state index contributed by atoms with van der Waals surface area (Å²) in [7, 11) is 0. The van der Waals surface area contributed by atoms with Crippen LogP contribution in [0.4, 0.5) is 25.4 Å². The molecule has 29 heavy (non-hydrogen) atoms. The van der Waals surface area contributed by atoms with E-state index in [1.165, 1.54) is 34.3 Å². The van der Waals surface area contributed by atoms with Gasteiger partial charge < -0.3 is 11.1 Å². The molecule has 2 heterocycles. The van der Waals surface area contributed by atoms with Crippen molar-refractivity contribution < 1.29 is 8.78 Å². The van der Waals surface area contributed by atoms with Crippen molar-refractivity contribution in [3.05, 3.63) is 65.0 Å². The van der Waals surface area contributed by atoms with Crippen molar-refractivity contribution in [2.45, 2.75) is 19.8 Å². The van der Waals surface area contributed by atoms with E-state index in [-0.39, 0.29) is 0 Å². The van der Waals surface area contributed by atoms with Crippen LogP contribution in [0.25, 0.3) is 21.1 Å². The van der Waals surface area contributed by atoms with Gasteiger partial charge in [-0.3, -0.25) is 0 Å². The molecule has 0 aliphatic heterocycles. The summed E-state index contributed by atoms with van der Waals surface area (Å²) >= 11 is 2.78. The van der Waals surface area contributed by atoms with E-state index < -0.39 is 11.6 Å². The molecule has 0 fully saturated rings. The second-order valence-electron chi connectivity index (χ2n) is 6.80. The largest absolute Gasteiger partial charge is 0.382 e. The van der Waals surface area contributed by atoms with E-state index in [1.807, 2.05) is 12.1 Å². The lowest BCUT2D eigenvalue weighted by molar-refractivity contribution is 0.509. The van der Waals surface area contributed by atoms with Crippen LogP contribution in [-0.4, -0.2) is 9.97 Å². The first-order valence-corrected chi connectivity index (χ1v) is 10.6. The third kappa shape index (κ3) is 4.13. The fourth-order valence-corrected chi connectivity index (χ4v) is 4.61. The Balaban J connectivity index is 1.56. The summed E-state index contributed by atoms with van der Waals surface area (Å²) in [6, 6.07) is 11.9. The van der Waals surface area contributed by atoms with Crippen molar-refractivity contribution in [1.29, 1.82) is 0 Å². The second kappa shape index (κ2) is 7.88. The van der Waals surface area contributed by atoms with Gasteiger partial charge in [-0.2, -0.15) is 0 Å². The second-order valence-corrected chi connectivity index (χ2v) is 8.66. The summed E-state index contributed by atoms with van der Waals surface area (Å²) < 4.78 is 26.7. The number of nitrogens with one attached hydrogen (secondary N) is 1. The lowest BCUT2D eigenvalue weighted by Gasteiger charge is -2.07. The number of aromatic nitrogens is 2. The molecule has 8 heteroatoms. The molecule has 0 aliphatic carbocycles. The van der Waals surface area contributed by atoms with E-state index in [0.29, 0.717) is 33.1 Å². The van der Waals surface area contributed by atoms with Crippen LogP contribution in [0.5, 0.6) is 0 Å². The molecule has 3 N–H and O–H groups in total. The van der Waals surface area contributed by atoms with Crippen LogP contribution in [0.2, 0.25) is 0 Å². The number of rotatable bonds is 5. The van der Waals surface area contributed by atoms with Gasteiger partial charge in [-0.1, -0.05) is 37.3 Å². The Kier molecular flexibility index (Phi) is 5.29. The zero-order chi connectivity index (χ0) is 20.5. The monoisotopic (exact) mass is 428 g/mol. The molecule has 2 aromatic heterocycles. The van der Waals surface area contributed by atoms with Gasteiger partial charge in [0.15, 0.2) is 16.8 Å². The fraction of sp³-hybridized carbons (Fsp3) is 0.143. The van der Waals surface area contributed by atoms with Crippen molar-refractivity contribution >= 4 is 39.3 Å². The summed E-state index contributed by atoms with van der Waals surface area (Å²) in [6.07, 6.45) is 0. The maximum atomic E-state index is 13.5. The van der Waals surface area contributed by atoms with Crippen molar-refractivity contribution in [3.63, 3.8) is 0 Å². The molecule has 0 unspecified atom stereocenters. The Morgan fingerprint density at radius 3 is 2.45 bits per heavy atom. The van der Waals surface area contributed by atoms with E-state index in [2.05, 4.69) is 41.3 Å². The van der Waals surface area contributed by atoms with E-state index in [4.69, 9.17) is 5.73 Å². The van der Waals surface area contributed by atoms with Gasteiger partial charge in [0.25, 0.3) is 0 Å². The Bertz CT molecular complexity index is 1150. The Hall–Kier alpha value is -2.84. The van der Waals surface area contributed by atoms with Gasteiger partial charge in [-0.05, 0) is 41.8 Å². The smallest absolute Gasteiger partial charge is 0.189 e. The summed E-state index contributed by atoms with van der Waals surface area (Å²) in [6.45, 7) is 4.30. The SMILES string of the molecule is CC(C)c1ccc(Nc2nc(N)c(-c3nc(-c4ccc(F)c(F)c4)cs3)s2)cc1. The van der Waals surface area contributed by atoms with Crippen LogP contribution in [0.1, 0.15) is 25.3 Å². The van der Waals surface area contributed by atoms with E-state index >= 15 is 0 Å². The molecule has 0 saturated carbocycles. The van der Waals surface area contributed by atoms with E-state index in [0.717, 1.165) is 22.7 Å². The number of nitrogens with zero attached hydrogens (tertiary/aromatic N) is 2. The quantitative estimate of drug-likeness (QED) is 0.373. The maximum absolute atomic E-state index is 13.5. The van der Waals surface area contributed by atoms with Gasteiger partial charge in [-0.15, -0.1) is 11.3 Å². The minimum Gasteiger partial charge on any atom is -0.382 e. The minimum absolute atomic E-state index is 0.377. The fourth-order valence-electron chi connectivity index (χ4n) is 2.78. The molecule has 2 aromatic carbocycles. The number of nitrogens with two attached hydrogens (primary N) is 1. The molecule has 0 saturated heterocycles. The predicted octanol–water partition coefficient (Wildman–Crippen LogP) is 6.66. The van der Waals surface area contributed by atoms with Gasteiger partial charge in [-0.25, -0.2) is 18.7 Å². The number of anilines is 3. The van der Waals surface area contributed by atoms with Gasteiger partial charge >= 0.3 is 0 Å². The number of halogens is 2. The van der Waals surface area contributed by atoms with E-state index in [1.54, 1.807) is 5.38 Å². The molecule has 0 atom stereocenters. The van der Waals surface area contributed by atoms with Gasteiger partial charge in [0.1, 0.15) is 15.7 Å². The molecule has 0 bridgehead atoms. The van der Waals surface area contributed by atoms with Gasteiger partial charge in [0.2, 0.25) is 0 Å². The standard InChI is InChI=1S/C21H18F2N4S2/c1-11(2)12-3-6-14(7-4-12)25-21-27-19(24)18(29-21)20-26-17(10-28-20)13-5-8-15(22)16(23)9-13/h3-11H,24H2,1-2H3,(H,25,27). The summed E-state index contributed by atoms with van der Waals surface area (Å²) in [5.74, 6) is -0.931. The van der Waals surface area contributed by atoms with Crippen LogP contribution in [-0.2, 0) is 0 Å². The molecule has 0 radical (unpaired) electrons. The molecular weight excluding hydrogens is 410 g/mol. The first-order valence-electron chi connectivity index (χ1n) is 8.95. The van der Waals surface area contributed by atoms with Crippen molar-refractivity contribution in [3.8, 4) is 21.1 Å². The van der Waals surface area contributed by atoms with Crippen molar-refractivity contribution in [2.75, 3.05) is 11.1 Å². The molecule has 4 aromatic rings. The number of hydrogen-bond donors (Lipinski definition) is 2. The minimum atomic E-state index is -0.899. The topological polar surface area (TPSA) is 63.8 Å². The number of hydrogen-bond acceptors (Lipinski definition) is 6. The first-order chi connectivity index (χ1) is 13.9. The Labute approximate surface area is 175 Å². The van der Waals surface area contributed by atoms with Crippen molar-refractivity contribution in [1.82, 2.24) is 9.97 Å². The average molecular weight is 429 g/mol. The molecule has 0 spiro atoms. The van der Waals surface area contributed by atoms with Crippen LogP contribution in [0.15, 0.2) is 47.8 Å². The highest BCUT2D eigenvalue weighted by atomic mass is 32.1. The maximum Gasteiger partial charge on any atom is 0.189 e. The Morgan fingerprint density at radius 1 is 1.00 bits per heavy atom. The molecule has 4 nitrogen and oxygen atoms in total.